The molecule has 0 radical (unpaired) electrons. The highest BCUT2D eigenvalue weighted by Crippen LogP contribution is 2.44. The van der Waals surface area contributed by atoms with Gasteiger partial charge in [0.15, 0.2) is 0 Å². The highest BCUT2D eigenvalue weighted by molar-refractivity contribution is 7.94. The van der Waals surface area contributed by atoms with Crippen LogP contribution < -0.4 is 10.0 Å². The van der Waals surface area contributed by atoms with Gasteiger partial charge in [0.05, 0.1) is 11.4 Å². The number of rotatable bonds is 1. The van der Waals surface area contributed by atoms with Crippen LogP contribution in [0.3, 0.4) is 0 Å². The van der Waals surface area contributed by atoms with Crippen LogP contribution in [0.15, 0.2) is 42.5 Å². The van der Waals surface area contributed by atoms with E-state index in [4.69, 9.17) is 5.73 Å². The van der Waals surface area contributed by atoms with Gasteiger partial charge in [-0.2, -0.15) is 21.6 Å². The first kappa shape index (κ1) is 14.7. The number of nitrogens with zero attached hydrogens (tertiary/aromatic N) is 1. The van der Waals surface area contributed by atoms with E-state index in [0.717, 1.165) is 0 Å². The number of sulfonamides is 1. The maximum atomic E-state index is 13.0. The minimum atomic E-state index is -5.55. The molecule has 22 heavy (non-hydrogen) atoms. The number of hydrogen-bond donors (Lipinski definition) is 1. The van der Waals surface area contributed by atoms with Crippen LogP contribution in [0.2, 0.25) is 0 Å². The molecule has 1 aliphatic heterocycles. The fourth-order valence-electron chi connectivity index (χ4n) is 2.50. The summed E-state index contributed by atoms with van der Waals surface area (Å²) in [4.78, 5) is 0. The zero-order valence-corrected chi connectivity index (χ0v) is 11.9. The predicted octanol–water partition coefficient (Wildman–Crippen LogP) is 3.16. The number of anilines is 3. The van der Waals surface area contributed by atoms with Crippen molar-refractivity contribution < 1.29 is 21.6 Å². The number of halogens is 3. The Balaban J connectivity index is 2.31. The van der Waals surface area contributed by atoms with E-state index in [1.54, 1.807) is 12.1 Å². The second-order valence-electron chi connectivity index (χ2n) is 4.91. The fourth-order valence-corrected chi connectivity index (χ4v) is 3.58. The van der Waals surface area contributed by atoms with Gasteiger partial charge in [0.2, 0.25) is 0 Å². The van der Waals surface area contributed by atoms with Crippen LogP contribution in [0.25, 0.3) is 0 Å². The number of hydrogen-bond acceptors (Lipinski definition) is 3. The normalized spacial score (nSPS) is 14.4. The van der Waals surface area contributed by atoms with Crippen molar-refractivity contribution in [3.8, 4) is 0 Å². The number of para-hydroxylation sites is 1. The quantitative estimate of drug-likeness (QED) is 0.818. The number of alkyl halides is 3. The molecule has 0 amide bonds. The molecule has 0 saturated carbocycles. The summed E-state index contributed by atoms with van der Waals surface area (Å²) in [5.41, 5.74) is 1.54. The van der Waals surface area contributed by atoms with Crippen molar-refractivity contribution in [3.63, 3.8) is 0 Å². The van der Waals surface area contributed by atoms with Crippen molar-refractivity contribution in [2.75, 3.05) is 10.0 Å². The summed E-state index contributed by atoms with van der Waals surface area (Å²) in [6.45, 7) is 0. The van der Waals surface area contributed by atoms with Gasteiger partial charge in [0.25, 0.3) is 0 Å². The molecule has 0 aromatic heterocycles. The van der Waals surface area contributed by atoms with Gasteiger partial charge in [0.1, 0.15) is 0 Å². The molecular formula is C14H11F3N2O2S. The average Bonchev–Trinajstić information content (AvgIpc) is 2.43. The Morgan fingerprint density at radius 1 is 1.00 bits per heavy atom. The van der Waals surface area contributed by atoms with Crippen molar-refractivity contribution in [1.29, 1.82) is 0 Å². The molecule has 0 unspecified atom stereocenters. The first-order chi connectivity index (χ1) is 10.2. The lowest BCUT2D eigenvalue weighted by Gasteiger charge is -2.32. The molecule has 8 heteroatoms. The Hall–Kier alpha value is -2.22. The molecule has 1 aliphatic rings. The van der Waals surface area contributed by atoms with Crippen LogP contribution in [-0.2, 0) is 16.4 Å². The van der Waals surface area contributed by atoms with Crippen molar-refractivity contribution in [3.05, 3.63) is 53.6 Å². The average molecular weight is 328 g/mol. The SMILES string of the molecule is Nc1ccc2c(c1)Cc1ccccc1N2S(=O)(=O)C(F)(F)F. The lowest BCUT2D eigenvalue weighted by atomic mass is 9.97. The molecule has 2 N–H and O–H groups in total. The molecule has 2 aromatic carbocycles. The van der Waals surface area contributed by atoms with Crippen LogP contribution in [0.5, 0.6) is 0 Å². The van der Waals surface area contributed by atoms with E-state index in [9.17, 15) is 21.6 Å². The van der Waals surface area contributed by atoms with Gasteiger partial charge >= 0.3 is 15.5 Å². The maximum Gasteiger partial charge on any atom is 0.517 e. The fraction of sp³-hybridized carbons (Fsp3) is 0.143. The molecular weight excluding hydrogens is 317 g/mol. The van der Waals surface area contributed by atoms with Crippen LogP contribution in [-0.4, -0.2) is 13.9 Å². The van der Waals surface area contributed by atoms with Crippen molar-refractivity contribution in [1.82, 2.24) is 0 Å². The molecule has 0 saturated heterocycles. The van der Waals surface area contributed by atoms with E-state index >= 15 is 0 Å². The van der Waals surface area contributed by atoms with Crippen LogP contribution in [0.4, 0.5) is 30.2 Å². The lowest BCUT2D eigenvalue weighted by Crippen LogP contribution is -2.39. The third-order valence-electron chi connectivity index (χ3n) is 3.45. The van der Waals surface area contributed by atoms with E-state index < -0.39 is 15.5 Å². The first-order valence-corrected chi connectivity index (χ1v) is 7.74. The number of nitrogens with two attached hydrogens (primary N) is 1. The number of nitrogen functional groups attached to an aromatic ring is 1. The second-order valence-corrected chi connectivity index (χ2v) is 6.69. The van der Waals surface area contributed by atoms with Gasteiger partial charge in [-0.3, -0.25) is 0 Å². The van der Waals surface area contributed by atoms with Gasteiger partial charge in [-0.05, 0) is 35.4 Å². The Morgan fingerprint density at radius 2 is 1.64 bits per heavy atom. The summed E-state index contributed by atoms with van der Waals surface area (Å²) in [5, 5.41) is 0. The van der Waals surface area contributed by atoms with E-state index in [1.165, 1.54) is 30.3 Å². The van der Waals surface area contributed by atoms with Crippen LogP contribution >= 0.6 is 0 Å². The van der Waals surface area contributed by atoms with Crippen LogP contribution in [0, 0.1) is 0 Å². The van der Waals surface area contributed by atoms with Gasteiger partial charge in [-0.1, -0.05) is 18.2 Å². The summed E-state index contributed by atoms with van der Waals surface area (Å²) in [6.07, 6.45) is 0.320. The first-order valence-electron chi connectivity index (χ1n) is 6.30. The molecule has 0 fully saturated rings. The minimum absolute atomic E-state index is 0.0112. The molecule has 3 rings (SSSR count). The highest BCUT2D eigenvalue weighted by atomic mass is 32.2. The molecule has 0 bridgehead atoms. The van der Waals surface area contributed by atoms with E-state index in [0.29, 0.717) is 27.5 Å². The Morgan fingerprint density at radius 3 is 2.32 bits per heavy atom. The van der Waals surface area contributed by atoms with Gasteiger partial charge in [0, 0.05) is 12.1 Å². The topological polar surface area (TPSA) is 63.4 Å². The molecule has 4 nitrogen and oxygen atoms in total. The molecule has 2 aromatic rings. The summed E-state index contributed by atoms with van der Waals surface area (Å²) in [5.74, 6) is 0. The largest absolute Gasteiger partial charge is 0.517 e. The van der Waals surface area contributed by atoms with E-state index in [2.05, 4.69) is 0 Å². The Labute approximate surface area is 125 Å². The number of fused-ring (bicyclic) bond motifs is 2. The van der Waals surface area contributed by atoms with Gasteiger partial charge in [-0.25, -0.2) is 4.31 Å². The van der Waals surface area contributed by atoms with Gasteiger partial charge in [-0.15, -0.1) is 0 Å². The molecule has 116 valence electrons. The molecule has 0 atom stereocenters. The minimum Gasteiger partial charge on any atom is -0.399 e. The highest BCUT2D eigenvalue weighted by Gasteiger charge is 2.52. The maximum absolute atomic E-state index is 13.0. The number of benzene rings is 2. The Kier molecular flexibility index (Phi) is 3.10. The second kappa shape index (κ2) is 4.64. The smallest absolute Gasteiger partial charge is 0.399 e. The predicted molar refractivity (Wildman–Crippen MR) is 77.2 cm³/mol. The Bertz CT molecular complexity index is 847. The van der Waals surface area contributed by atoms with Crippen LogP contribution in [0.1, 0.15) is 11.1 Å². The van der Waals surface area contributed by atoms with Crippen molar-refractivity contribution >= 4 is 27.1 Å². The van der Waals surface area contributed by atoms with E-state index in [1.807, 2.05) is 0 Å². The zero-order valence-electron chi connectivity index (χ0n) is 11.1. The summed E-state index contributed by atoms with van der Waals surface area (Å²) in [6, 6.07) is 10.3. The standard InChI is InChI=1S/C14H11F3N2O2S/c15-14(16,17)22(20,21)19-12-4-2-1-3-9(12)7-10-8-11(18)5-6-13(10)19/h1-6,8H,7,18H2. The molecule has 0 spiro atoms. The lowest BCUT2D eigenvalue weighted by molar-refractivity contribution is -0.0435. The zero-order chi connectivity index (χ0) is 16.1. The van der Waals surface area contributed by atoms with Crippen molar-refractivity contribution in [2.24, 2.45) is 0 Å². The monoisotopic (exact) mass is 328 g/mol. The molecule has 0 aliphatic carbocycles. The third-order valence-corrected chi connectivity index (χ3v) is 4.91. The summed E-state index contributed by atoms with van der Waals surface area (Å²) >= 11 is 0. The summed E-state index contributed by atoms with van der Waals surface area (Å²) < 4.78 is 63.4. The van der Waals surface area contributed by atoms with E-state index in [-0.39, 0.29) is 11.4 Å². The third kappa shape index (κ3) is 2.10. The van der Waals surface area contributed by atoms with Gasteiger partial charge < -0.3 is 5.73 Å². The summed E-state index contributed by atoms with van der Waals surface area (Å²) in [7, 11) is -5.55. The van der Waals surface area contributed by atoms with Crippen molar-refractivity contribution in [2.45, 2.75) is 11.9 Å². The molecule has 1 heterocycles.